The lowest BCUT2D eigenvalue weighted by Crippen LogP contribution is -2.12. The Labute approximate surface area is 133 Å². The average molecular weight is 316 g/mol. The number of rotatable bonds is 7. The number of hydrogen-bond acceptors (Lipinski definition) is 5. The smallest absolute Gasteiger partial charge is 0.270 e. The van der Waals surface area contributed by atoms with Gasteiger partial charge in [0.15, 0.2) is 0 Å². The number of benzene rings is 2. The summed E-state index contributed by atoms with van der Waals surface area (Å²) in [7, 11) is 1.59. The summed E-state index contributed by atoms with van der Waals surface area (Å²) < 4.78 is 10.3. The van der Waals surface area contributed by atoms with Crippen LogP contribution in [0.1, 0.15) is 10.4 Å². The highest BCUT2D eigenvalue weighted by Crippen LogP contribution is 2.18. The fraction of sp³-hybridized carbons (Fsp3) is 0.188. The van der Waals surface area contributed by atoms with E-state index >= 15 is 0 Å². The molecule has 0 saturated carbocycles. The maximum Gasteiger partial charge on any atom is 0.270 e. The first kappa shape index (κ1) is 16.4. The summed E-state index contributed by atoms with van der Waals surface area (Å²) >= 11 is 0. The molecular formula is C16H16N2O5. The van der Waals surface area contributed by atoms with Gasteiger partial charge < -0.3 is 14.8 Å². The number of nitrogens with zero attached hydrogens (tertiary/aromatic N) is 1. The molecule has 2 rings (SSSR count). The summed E-state index contributed by atoms with van der Waals surface area (Å²) in [5, 5.41) is 13.4. The maximum absolute atomic E-state index is 12.1. The standard InChI is InChI=1S/C16H16N2O5/c1-22-9-10-23-15-7-5-13(6-8-15)17-16(19)12-3-2-4-14(11-12)18(20)21/h2-8,11H,9-10H2,1H3,(H,17,19). The van der Waals surface area contributed by atoms with E-state index in [1.807, 2.05) is 0 Å². The second kappa shape index (κ2) is 7.90. The van der Waals surface area contributed by atoms with Gasteiger partial charge in [0.05, 0.1) is 11.5 Å². The normalized spacial score (nSPS) is 10.1. The molecule has 0 aliphatic rings. The van der Waals surface area contributed by atoms with E-state index in [1.165, 1.54) is 24.3 Å². The van der Waals surface area contributed by atoms with Gasteiger partial charge in [-0.3, -0.25) is 14.9 Å². The third-order valence-corrected chi connectivity index (χ3v) is 2.99. The molecule has 7 heteroatoms. The van der Waals surface area contributed by atoms with Crippen molar-refractivity contribution in [3.05, 3.63) is 64.2 Å². The number of anilines is 1. The lowest BCUT2D eigenvalue weighted by Gasteiger charge is -2.08. The van der Waals surface area contributed by atoms with Crippen LogP contribution >= 0.6 is 0 Å². The van der Waals surface area contributed by atoms with Crippen LogP contribution in [0, 0.1) is 10.1 Å². The summed E-state index contributed by atoms with van der Waals surface area (Å²) in [5.74, 6) is 0.247. The van der Waals surface area contributed by atoms with E-state index < -0.39 is 10.8 Å². The Hall–Kier alpha value is -2.93. The minimum absolute atomic E-state index is 0.125. The zero-order valence-electron chi connectivity index (χ0n) is 12.5. The van der Waals surface area contributed by atoms with Gasteiger partial charge >= 0.3 is 0 Å². The van der Waals surface area contributed by atoms with Crippen LogP contribution in [-0.4, -0.2) is 31.2 Å². The van der Waals surface area contributed by atoms with Gasteiger partial charge in [-0.05, 0) is 30.3 Å². The maximum atomic E-state index is 12.1. The summed E-state index contributed by atoms with van der Waals surface area (Å²) in [4.78, 5) is 22.3. The Morgan fingerprint density at radius 1 is 1.17 bits per heavy atom. The van der Waals surface area contributed by atoms with E-state index in [0.717, 1.165) is 0 Å². The summed E-state index contributed by atoms with van der Waals surface area (Å²) in [6, 6.07) is 12.4. The van der Waals surface area contributed by atoms with Crippen LogP contribution in [0.4, 0.5) is 11.4 Å². The largest absolute Gasteiger partial charge is 0.491 e. The molecule has 2 aromatic carbocycles. The SMILES string of the molecule is COCCOc1ccc(NC(=O)c2cccc([N+](=O)[O-])c2)cc1. The van der Waals surface area contributed by atoms with Crippen LogP contribution in [-0.2, 0) is 4.74 Å². The topological polar surface area (TPSA) is 90.7 Å². The molecule has 7 nitrogen and oxygen atoms in total. The van der Waals surface area contributed by atoms with E-state index in [1.54, 1.807) is 31.4 Å². The number of methoxy groups -OCH3 is 1. The molecule has 1 amide bonds. The lowest BCUT2D eigenvalue weighted by atomic mass is 10.2. The zero-order valence-corrected chi connectivity index (χ0v) is 12.5. The molecule has 2 aromatic rings. The van der Waals surface area contributed by atoms with Gasteiger partial charge in [-0.15, -0.1) is 0 Å². The molecule has 0 spiro atoms. The highest BCUT2D eigenvalue weighted by atomic mass is 16.6. The van der Waals surface area contributed by atoms with Crippen LogP contribution in [0.3, 0.4) is 0 Å². The molecule has 23 heavy (non-hydrogen) atoms. The Bertz CT molecular complexity index is 685. The van der Waals surface area contributed by atoms with Crippen LogP contribution in [0.25, 0.3) is 0 Å². The number of carbonyl (C=O) groups excluding carboxylic acids is 1. The van der Waals surface area contributed by atoms with Crippen molar-refractivity contribution in [2.24, 2.45) is 0 Å². The zero-order chi connectivity index (χ0) is 16.7. The van der Waals surface area contributed by atoms with Crippen molar-refractivity contribution in [3.8, 4) is 5.75 Å². The van der Waals surface area contributed by atoms with E-state index in [4.69, 9.17) is 9.47 Å². The van der Waals surface area contributed by atoms with Crippen molar-refractivity contribution < 1.29 is 19.2 Å². The molecule has 0 heterocycles. The predicted octanol–water partition coefficient (Wildman–Crippen LogP) is 2.87. The molecule has 1 N–H and O–H groups in total. The van der Waals surface area contributed by atoms with Gasteiger partial charge in [-0.2, -0.15) is 0 Å². The van der Waals surface area contributed by atoms with E-state index in [9.17, 15) is 14.9 Å². The molecule has 0 radical (unpaired) electrons. The van der Waals surface area contributed by atoms with Crippen molar-refractivity contribution in [1.29, 1.82) is 0 Å². The number of nitro benzene ring substituents is 1. The molecule has 0 aromatic heterocycles. The van der Waals surface area contributed by atoms with Gasteiger partial charge in [0.25, 0.3) is 11.6 Å². The number of amides is 1. The number of ether oxygens (including phenoxy) is 2. The van der Waals surface area contributed by atoms with Gasteiger partial charge in [0.2, 0.25) is 0 Å². The van der Waals surface area contributed by atoms with Crippen molar-refractivity contribution in [2.75, 3.05) is 25.6 Å². The highest BCUT2D eigenvalue weighted by molar-refractivity contribution is 6.04. The Kier molecular flexibility index (Phi) is 5.65. The lowest BCUT2D eigenvalue weighted by molar-refractivity contribution is -0.384. The third kappa shape index (κ3) is 4.79. The van der Waals surface area contributed by atoms with Gasteiger partial charge in [-0.1, -0.05) is 6.07 Å². The second-order valence-corrected chi connectivity index (χ2v) is 4.63. The fourth-order valence-corrected chi connectivity index (χ4v) is 1.84. The monoisotopic (exact) mass is 316 g/mol. The molecule has 0 aliphatic heterocycles. The van der Waals surface area contributed by atoms with E-state index in [-0.39, 0.29) is 11.3 Å². The van der Waals surface area contributed by atoms with Crippen molar-refractivity contribution in [3.63, 3.8) is 0 Å². The minimum Gasteiger partial charge on any atom is -0.491 e. The molecule has 0 aliphatic carbocycles. The van der Waals surface area contributed by atoms with Crippen LogP contribution in [0.15, 0.2) is 48.5 Å². The molecule has 0 saturated heterocycles. The Balaban J connectivity index is 2.00. The van der Waals surface area contributed by atoms with Gasteiger partial charge in [0, 0.05) is 30.5 Å². The second-order valence-electron chi connectivity index (χ2n) is 4.63. The highest BCUT2D eigenvalue weighted by Gasteiger charge is 2.11. The first-order chi connectivity index (χ1) is 11.1. The number of hydrogen-bond donors (Lipinski definition) is 1. The number of nitro groups is 1. The average Bonchev–Trinajstić information content (AvgIpc) is 2.56. The summed E-state index contributed by atoms with van der Waals surface area (Å²) in [6.07, 6.45) is 0. The van der Waals surface area contributed by atoms with Crippen LogP contribution in [0.2, 0.25) is 0 Å². The van der Waals surface area contributed by atoms with Crippen molar-refractivity contribution in [2.45, 2.75) is 0 Å². The molecule has 0 fully saturated rings. The van der Waals surface area contributed by atoms with Crippen LogP contribution in [0.5, 0.6) is 5.75 Å². The third-order valence-electron chi connectivity index (χ3n) is 2.99. The Morgan fingerprint density at radius 3 is 2.57 bits per heavy atom. The molecule has 120 valence electrons. The molecule has 0 unspecified atom stereocenters. The summed E-state index contributed by atoms with van der Waals surface area (Å²) in [6.45, 7) is 0.932. The van der Waals surface area contributed by atoms with Crippen LogP contribution < -0.4 is 10.1 Å². The molecule has 0 bridgehead atoms. The van der Waals surface area contributed by atoms with Crippen molar-refractivity contribution in [1.82, 2.24) is 0 Å². The predicted molar refractivity (Wildman–Crippen MR) is 84.9 cm³/mol. The molecular weight excluding hydrogens is 300 g/mol. The fourth-order valence-electron chi connectivity index (χ4n) is 1.84. The van der Waals surface area contributed by atoms with Gasteiger partial charge in [-0.25, -0.2) is 0 Å². The number of nitrogens with one attached hydrogen (secondary N) is 1. The number of non-ortho nitro benzene ring substituents is 1. The van der Waals surface area contributed by atoms with E-state index in [2.05, 4.69) is 5.32 Å². The minimum atomic E-state index is -0.539. The summed E-state index contributed by atoms with van der Waals surface area (Å²) in [5.41, 5.74) is 0.666. The number of carbonyl (C=O) groups is 1. The Morgan fingerprint density at radius 2 is 1.91 bits per heavy atom. The van der Waals surface area contributed by atoms with Gasteiger partial charge in [0.1, 0.15) is 12.4 Å². The quantitative estimate of drug-likeness (QED) is 0.482. The first-order valence-electron chi connectivity index (χ1n) is 6.88. The van der Waals surface area contributed by atoms with E-state index in [0.29, 0.717) is 24.7 Å². The molecule has 0 atom stereocenters. The first-order valence-corrected chi connectivity index (χ1v) is 6.88. The van der Waals surface area contributed by atoms with Crippen molar-refractivity contribution >= 4 is 17.3 Å².